The maximum absolute atomic E-state index is 6.20. The van der Waals surface area contributed by atoms with Crippen LogP contribution in [-0.4, -0.2) is 19.7 Å². The molecule has 2 nitrogen and oxygen atoms in total. The molecule has 0 amide bonds. The van der Waals surface area contributed by atoms with Gasteiger partial charge < -0.3 is 10.1 Å². The van der Waals surface area contributed by atoms with Gasteiger partial charge in [-0.3, -0.25) is 0 Å². The summed E-state index contributed by atoms with van der Waals surface area (Å²) in [7, 11) is 0. The summed E-state index contributed by atoms with van der Waals surface area (Å²) >= 11 is 0. The minimum Gasteiger partial charge on any atom is -0.493 e. The van der Waals surface area contributed by atoms with Crippen LogP contribution in [0.2, 0.25) is 0 Å². The zero-order valence-corrected chi connectivity index (χ0v) is 15.0. The lowest BCUT2D eigenvalue weighted by atomic mass is 9.85. The van der Waals surface area contributed by atoms with Crippen LogP contribution in [0.5, 0.6) is 5.75 Å². The number of hydrogen-bond acceptors (Lipinski definition) is 2. The van der Waals surface area contributed by atoms with Crippen molar-refractivity contribution in [1.29, 1.82) is 0 Å². The first kappa shape index (κ1) is 18.0. The smallest absolute Gasteiger partial charge is 0.123 e. The molecule has 1 N–H and O–H groups in total. The Morgan fingerprint density at radius 2 is 1.76 bits per heavy atom. The lowest BCUT2D eigenvalue weighted by Gasteiger charge is -2.28. The predicted octanol–water partition coefficient (Wildman–Crippen LogP) is 4.70. The molecule has 0 aliphatic carbocycles. The molecule has 0 atom stereocenters. The Bertz CT molecular complexity index is 443. The highest BCUT2D eigenvalue weighted by Crippen LogP contribution is 2.33. The molecule has 1 rings (SSSR count). The molecule has 0 saturated heterocycles. The van der Waals surface area contributed by atoms with Gasteiger partial charge in [-0.1, -0.05) is 53.7 Å². The average Bonchev–Trinajstić information content (AvgIpc) is 2.35. The molecule has 1 aromatic rings. The van der Waals surface area contributed by atoms with Crippen LogP contribution in [0, 0.1) is 12.3 Å². The highest BCUT2D eigenvalue weighted by Gasteiger charge is 2.22. The second-order valence-corrected chi connectivity index (χ2v) is 7.88. The molecule has 0 bridgehead atoms. The number of nitrogens with one attached hydrogen (secondary N) is 1. The van der Waals surface area contributed by atoms with Gasteiger partial charge >= 0.3 is 0 Å². The fraction of sp³-hybridized carbons (Fsp3) is 0.684. The summed E-state index contributed by atoms with van der Waals surface area (Å²) in [4.78, 5) is 0. The largest absolute Gasteiger partial charge is 0.493 e. The Labute approximate surface area is 131 Å². The van der Waals surface area contributed by atoms with Crippen molar-refractivity contribution in [3.8, 4) is 5.75 Å². The van der Waals surface area contributed by atoms with Crippen LogP contribution < -0.4 is 10.1 Å². The first-order chi connectivity index (χ1) is 9.65. The van der Waals surface area contributed by atoms with Gasteiger partial charge in [0.15, 0.2) is 0 Å². The van der Waals surface area contributed by atoms with Gasteiger partial charge in [0.1, 0.15) is 5.75 Å². The maximum Gasteiger partial charge on any atom is 0.123 e. The zero-order valence-electron chi connectivity index (χ0n) is 15.0. The zero-order chi connectivity index (χ0) is 16.1. The first-order valence-electron chi connectivity index (χ1n) is 8.10. The number of benzene rings is 1. The Kier molecular flexibility index (Phi) is 6.27. The normalized spacial score (nSPS) is 12.5. The predicted molar refractivity (Wildman–Crippen MR) is 92.3 cm³/mol. The van der Waals surface area contributed by atoms with Crippen LogP contribution in [0.3, 0.4) is 0 Å². The maximum atomic E-state index is 6.20. The molecule has 0 aliphatic rings. The molecule has 0 aliphatic heterocycles. The van der Waals surface area contributed by atoms with Crippen LogP contribution in [0.4, 0.5) is 0 Å². The minimum absolute atomic E-state index is 0.105. The standard InChI is InChI=1S/C19H33NO/c1-8-11-20-13-19(6,7)14-21-17-12-15(2)9-10-16(17)18(3,4)5/h9-10,12,20H,8,11,13-14H2,1-7H3. The van der Waals surface area contributed by atoms with Crippen molar-refractivity contribution in [2.75, 3.05) is 19.7 Å². The van der Waals surface area contributed by atoms with Crippen molar-refractivity contribution >= 4 is 0 Å². The lowest BCUT2D eigenvalue weighted by Crippen LogP contribution is -2.34. The van der Waals surface area contributed by atoms with E-state index in [1.807, 2.05) is 0 Å². The van der Waals surface area contributed by atoms with Gasteiger partial charge in [-0.15, -0.1) is 0 Å². The Hall–Kier alpha value is -1.02. The second kappa shape index (κ2) is 7.31. The van der Waals surface area contributed by atoms with E-state index in [-0.39, 0.29) is 10.8 Å². The summed E-state index contributed by atoms with van der Waals surface area (Å²) in [6.07, 6.45) is 1.17. The molecule has 0 aromatic heterocycles. The molecule has 0 saturated carbocycles. The summed E-state index contributed by atoms with van der Waals surface area (Å²) in [6, 6.07) is 6.53. The molecule has 21 heavy (non-hydrogen) atoms. The van der Waals surface area contributed by atoms with Crippen LogP contribution >= 0.6 is 0 Å². The van der Waals surface area contributed by atoms with Crippen molar-refractivity contribution in [3.63, 3.8) is 0 Å². The van der Waals surface area contributed by atoms with Crippen molar-refractivity contribution in [3.05, 3.63) is 29.3 Å². The third-order valence-electron chi connectivity index (χ3n) is 3.59. The molecule has 0 fully saturated rings. The van der Waals surface area contributed by atoms with Crippen molar-refractivity contribution < 1.29 is 4.74 Å². The van der Waals surface area contributed by atoms with Gasteiger partial charge in [-0.25, -0.2) is 0 Å². The summed E-state index contributed by atoms with van der Waals surface area (Å²) in [6.45, 7) is 18.3. The summed E-state index contributed by atoms with van der Waals surface area (Å²) in [5, 5.41) is 3.49. The fourth-order valence-corrected chi connectivity index (χ4v) is 2.30. The van der Waals surface area contributed by atoms with E-state index in [1.54, 1.807) is 0 Å². The molecule has 1 aromatic carbocycles. The quantitative estimate of drug-likeness (QED) is 0.735. The minimum atomic E-state index is 0.105. The lowest BCUT2D eigenvalue weighted by molar-refractivity contribution is 0.174. The average molecular weight is 291 g/mol. The van der Waals surface area contributed by atoms with E-state index in [0.717, 1.165) is 25.4 Å². The van der Waals surface area contributed by atoms with Gasteiger partial charge in [-0.05, 0) is 42.5 Å². The molecule has 0 radical (unpaired) electrons. The van der Waals surface area contributed by atoms with Gasteiger partial charge in [-0.2, -0.15) is 0 Å². The van der Waals surface area contributed by atoms with Crippen LogP contribution in [0.1, 0.15) is 59.1 Å². The van der Waals surface area contributed by atoms with Crippen LogP contribution in [0.15, 0.2) is 18.2 Å². The molecular weight excluding hydrogens is 258 g/mol. The first-order valence-corrected chi connectivity index (χ1v) is 8.10. The summed E-state index contributed by atoms with van der Waals surface area (Å²) in [5.41, 5.74) is 2.77. The molecule has 0 unspecified atom stereocenters. The summed E-state index contributed by atoms with van der Waals surface area (Å²) in [5.74, 6) is 1.03. The second-order valence-electron chi connectivity index (χ2n) is 7.88. The van der Waals surface area contributed by atoms with Crippen LogP contribution in [-0.2, 0) is 5.41 Å². The van der Waals surface area contributed by atoms with Crippen molar-refractivity contribution in [1.82, 2.24) is 5.32 Å². The van der Waals surface area contributed by atoms with E-state index in [1.165, 1.54) is 17.5 Å². The highest BCUT2D eigenvalue weighted by molar-refractivity contribution is 5.41. The van der Waals surface area contributed by atoms with E-state index in [9.17, 15) is 0 Å². The van der Waals surface area contributed by atoms with E-state index >= 15 is 0 Å². The van der Waals surface area contributed by atoms with E-state index in [4.69, 9.17) is 4.74 Å². The number of ether oxygens (including phenoxy) is 1. The van der Waals surface area contributed by atoms with E-state index in [2.05, 4.69) is 72.0 Å². The van der Waals surface area contributed by atoms with E-state index < -0.39 is 0 Å². The molecule has 0 heterocycles. The molecule has 120 valence electrons. The van der Waals surface area contributed by atoms with Gasteiger partial charge in [0.2, 0.25) is 0 Å². The third-order valence-corrected chi connectivity index (χ3v) is 3.59. The fourth-order valence-electron chi connectivity index (χ4n) is 2.30. The topological polar surface area (TPSA) is 21.3 Å². The van der Waals surface area contributed by atoms with Gasteiger partial charge in [0.05, 0.1) is 6.61 Å². The highest BCUT2D eigenvalue weighted by atomic mass is 16.5. The van der Waals surface area contributed by atoms with Crippen molar-refractivity contribution in [2.45, 2.75) is 60.3 Å². The van der Waals surface area contributed by atoms with Crippen molar-refractivity contribution in [2.24, 2.45) is 5.41 Å². The Morgan fingerprint density at radius 3 is 2.33 bits per heavy atom. The monoisotopic (exact) mass is 291 g/mol. The third kappa shape index (κ3) is 6.09. The SMILES string of the molecule is CCCNCC(C)(C)COc1cc(C)ccc1C(C)(C)C. The van der Waals surface area contributed by atoms with Crippen LogP contribution in [0.25, 0.3) is 0 Å². The molecule has 2 heteroatoms. The van der Waals surface area contributed by atoms with Gasteiger partial charge in [0.25, 0.3) is 0 Å². The van der Waals surface area contributed by atoms with Gasteiger partial charge in [0, 0.05) is 12.0 Å². The Balaban J connectivity index is 2.76. The summed E-state index contributed by atoms with van der Waals surface area (Å²) < 4.78 is 6.20. The number of aryl methyl sites for hydroxylation is 1. The van der Waals surface area contributed by atoms with E-state index in [0.29, 0.717) is 0 Å². The molecule has 0 spiro atoms. The number of hydrogen-bond donors (Lipinski definition) is 1. The Morgan fingerprint density at radius 1 is 1.10 bits per heavy atom. The number of rotatable bonds is 7. The molecular formula is C19H33NO.